The van der Waals surface area contributed by atoms with Gasteiger partial charge in [0.05, 0.1) is 10.0 Å². The maximum absolute atomic E-state index is 6.09. The van der Waals surface area contributed by atoms with Gasteiger partial charge in [-0.3, -0.25) is 0 Å². The molecule has 2 rings (SSSR count). The number of halogens is 4. The summed E-state index contributed by atoms with van der Waals surface area (Å²) in [7, 11) is 0. The Bertz CT molecular complexity index is 600. The Kier molecular flexibility index (Phi) is 5.01. The number of ether oxygens (including phenoxy) is 1. The molecular weight excluding hydrogens is 417 g/mol. The SMILES string of the molecule is Nc1cccc(Br)c1COc1cc(Cl)c(Br)cc1Cl. The van der Waals surface area contributed by atoms with Crippen molar-refractivity contribution in [2.75, 3.05) is 5.73 Å². The van der Waals surface area contributed by atoms with Crippen molar-refractivity contribution in [3.05, 3.63) is 54.9 Å². The fraction of sp³-hybridized carbons (Fsp3) is 0.0769. The van der Waals surface area contributed by atoms with E-state index in [4.69, 9.17) is 33.7 Å². The van der Waals surface area contributed by atoms with Crippen molar-refractivity contribution in [1.82, 2.24) is 0 Å². The van der Waals surface area contributed by atoms with Gasteiger partial charge in [0.2, 0.25) is 0 Å². The second-order valence-electron chi connectivity index (χ2n) is 3.79. The molecule has 0 spiro atoms. The van der Waals surface area contributed by atoms with Crippen LogP contribution < -0.4 is 10.5 Å². The number of hydrogen-bond donors (Lipinski definition) is 1. The van der Waals surface area contributed by atoms with Crippen LogP contribution in [0.2, 0.25) is 10.0 Å². The van der Waals surface area contributed by atoms with E-state index in [9.17, 15) is 0 Å². The van der Waals surface area contributed by atoms with Crippen molar-refractivity contribution in [2.45, 2.75) is 6.61 Å². The van der Waals surface area contributed by atoms with Gasteiger partial charge < -0.3 is 10.5 Å². The van der Waals surface area contributed by atoms with E-state index in [1.165, 1.54) is 0 Å². The maximum Gasteiger partial charge on any atom is 0.139 e. The monoisotopic (exact) mass is 423 g/mol. The molecule has 0 aliphatic carbocycles. The number of hydrogen-bond acceptors (Lipinski definition) is 2. The Morgan fingerprint density at radius 1 is 1.05 bits per heavy atom. The Hall–Kier alpha value is -0.420. The van der Waals surface area contributed by atoms with Crippen molar-refractivity contribution in [3.63, 3.8) is 0 Å². The van der Waals surface area contributed by atoms with Gasteiger partial charge in [-0.05, 0) is 34.1 Å². The van der Waals surface area contributed by atoms with Gasteiger partial charge in [0.15, 0.2) is 0 Å². The minimum absolute atomic E-state index is 0.310. The van der Waals surface area contributed by atoms with E-state index in [0.29, 0.717) is 28.1 Å². The van der Waals surface area contributed by atoms with Gasteiger partial charge in [-0.25, -0.2) is 0 Å². The molecule has 2 N–H and O–H groups in total. The third-order valence-corrected chi connectivity index (χ3v) is 4.74. The van der Waals surface area contributed by atoms with Crippen LogP contribution in [0.1, 0.15) is 5.56 Å². The Morgan fingerprint density at radius 3 is 2.47 bits per heavy atom. The van der Waals surface area contributed by atoms with E-state index < -0.39 is 0 Å². The third-order valence-electron chi connectivity index (χ3n) is 2.50. The largest absolute Gasteiger partial charge is 0.487 e. The maximum atomic E-state index is 6.09. The van der Waals surface area contributed by atoms with Crippen molar-refractivity contribution < 1.29 is 4.74 Å². The lowest BCUT2D eigenvalue weighted by Crippen LogP contribution is -2.01. The molecule has 0 radical (unpaired) electrons. The topological polar surface area (TPSA) is 35.2 Å². The van der Waals surface area contributed by atoms with Crippen LogP contribution in [0, 0.1) is 0 Å². The van der Waals surface area contributed by atoms with Gasteiger partial charge in [-0.1, -0.05) is 45.2 Å². The molecule has 2 aromatic carbocycles. The van der Waals surface area contributed by atoms with Crippen molar-refractivity contribution in [2.24, 2.45) is 0 Å². The van der Waals surface area contributed by atoms with E-state index in [2.05, 4.69) is 31.9 Å². The van der Waals surface area contributed by atoms with Gasteiger partial charge in [-0.2, -0.15) is 0 Å². The lowest BCUT2D eigenvalue weighted by atomic mass is 10.2. The number of nitrogens with two attached hydrogens (primary N) is 1. The van der Waals surface area contributed by atoms with Crippen LogP contribution in [0.3, 0.4) is 0 Å². The van der Waals surface area contributed by atoms with E-state index in [1.807, 2.05) is 18.2 Å². The first-order chi connectivity index (χ1) is 8.99. The summed E-state index contributed by atoms with van der Waals surface area (Å²) in [5, 5.41) is 1.03. The van der Waals surface area contributed by atoms with Crippen LogP contribution in [0.15, 0.2) is 39.3 Å². The molecule has 0 aliphatic heterocycles. The molecule has 0 atom stereocenters. The molecule has 6 heteroatoms. The molecular formula is C13H9Br2Cl2NO. The molecule has 19 heavy (non-hydrogen) atoms. The molecule has 0 fully saturated rings. The number of rotatable bonds is 3. The van der Waals surface area contributed by atoms with Gasteiger partial charge in [-0.15, -0.1) is 0 Å². The molecule has 0 unspecified atom stereocenters. The van der Waals surface area contributed by atoms with E-state index in [1.54, 1.807) is 12.1 Å². The zero-order valence-corrected chi connectivity index (χ0v) is 14.3. The summed E-state index contributed by atoms with van der Waals surface area (Å²) in [5.41, 5.74) is 7.43. The molecule has 100 valence electrons. The molecule has 0 aromatic heterocycles. The molecule has 0 saturated heterocycles. The molecule has 0 heterocycles. The summed E-state index contributed by atoms with van der Waals surface area (Å²) < 4.78 is 7.30. The first-order valence-electron chi connectivity index (χ1n) is 5.29. The summed E-state index contributed by atoms with van der Waals surface area (Å²) in [6.07, 6.45) is 0. The summed E-state index contributed by atoms with van der Waals surface area (Å²) in [4.78, 5) is 0. The minimum atomic E-state index is 0.310. The summed E-state index contributed by atoms with van der Waals surface area (Å²) in [5.74, 6) is 0.519. The number of anilines is 1. The molecule has 0 aliphatic rings. The second kappa shape index (κ2) is 6.35. The normalized spacial score (nSPS) is 10.5. The quantitative estimate of drug-likeness (QED) is 0.507. The highest BCUT2D eigenvalue weighted by atomic mass is 79.9. The van der Waals surface area contributed by atoms with E-state index in [-0.39, 0.29) is 0 Å². The highest BCUT2D eigenvalue weighted by molar-refractivity contribution is 9.10. The lowest BCUT2D eigenvalue weighted by molar-refractivity contribution is 0.306. The van der Waals surface area contributed by atoms with Gasteiger partial charge >= 0.3 is 0 Å². The van der Waals surface area contributed by atoms with Gasteiger partial charge in [0.25, 0.3) is 0 Å². The summed E-state index contributed by atoms with van der Waals surface area (Å²) in [6.45, 7) is 0.310. The van der Waals surface area contributed by atoms with Gasteiger partial charge in [0, 0.05) is 26.3 Å². The lowest BCUT2D eigenvalue weighted by Gasteiger charge is -2.12. The second-order valence-corrected chi connectivity index (χ2v) is 6.32. The average molecular weight is 426 g/mol. The van der Waals surface area contributed by atoms with Crippen LogP contribution in [-0.2, 0) is 6.61 Å². The molecule has 2 nitrogen and oxygen atoms in total. The fourth-order valence-corrected chi connectivity index (χ4v) is 2.84. The Balaban J connectivity index is 2.22. The fourth-order valence-electron chi connectivity index (χ4n) is 1.49. The minimum Gasteiger partial charge on any atom is -0.487 e. The number of benzene rings is 2. The smallest absolute Gasteiger partial charge is 0.139 e. The predicted octanol–water partition coefficient (Wildman–Crippen LogP) is 5.68. The highest BCUT2D eigenvalue weighted by Gasteiger charge is 2.09. The predicted molar refractivity (Wildman–Crippen MR) is 87.0 cm³/mol. The van der Waals surface area contributed by atoms with Crippen LogP contribution in [0.25, 0.3) is 0 Å². The van der Waals surface area contributed by atoms with Crippen LogP contribution in [-0.4, -0.2) is 0 Å². The van der Waals surface area contributed by atoms with E-state index in [0.717, 1.165) is 14.5 Å². The summed E-state index contributed by atoms with van der Waals surface area (Å²) >= 11 is 18.8. The number of nitrogen functional groups attached to an aromatic ring is 1. The van der Waals surface area contributed by atoms with Crippen LogP contribution >= 0.6 is 55.1 Å². The van der Waals surface area contributed by atoms with E-state index >= 15 is 0 Å². The van der Waals surface area contributed by atoms with Crippen molar-refractivity contribution in [3.8, 4) is 5.75 Å². The first-order valence-corrected chi connectivity index (χ1v) is 7.63. The summed E-state index contributed by atoms with van der Waals surface area (Å²) in [6, 6.07) is 8.96. The molecule has 0 bridgehead atoms. The standard InChI is InChI=1S/C13H9Br2Cl2NO/c14-8-2-1-3-12(18)7(8)6-19-13-5-10(16)9(15)4-11(13)17/h1-5H,6,18H2. The van der Waals surface area contributed by atoms with Crippen LogP contribution in [0.5, 0.6) is 5.75 Å². The third kappa shape index (κ3) is 3.57. The molecule has 0 saturated carbocycles. The van der Waals surface area contributed by atoms with Crippen molar-refractivity contribution >= 4 is 60.7 Å². The average Bonchev–Trinajstić information content (AvgIpc) is 2.34. The zero-order valence-electron chi connectivity index (χ0n) is 9.59. The molecule has 0 amide bonds. The highest BCUT2D eigenvalue weighted by Crippen LogP contribution is 2.35. The van der Waals surface area contributed by atoms with Crippen LogP contribution in [0.4, 0.5) is 5.69 Å². The Morgan fingerprint density at radius 2 is 1.79 bits per heavy atom. The van der Waals surface area contributed by atoms with Gasteiger partial charge in [0.1, 0.15) is 12.4 Å². The molecule has 2 aromatic rings. The van der Waals surface area contributed by atoms with Crippen molar-refractivity contribution in [1.29, 1.82) is 0 Å². The first kappa shape index (κ1) is 15.0. The zero-order chi connectivity index (χ0) is 14.0. The Labute approximate surface area is 138 Å².